The SMILES string of the molecule is OC(NC1CCCCC1)c1ccc2c(c1)N=C(c1ccccn1)c1ncoc1S2. The summed E-state index contributed by atoms with van der Waals surface area (Å²) in [5, 5.41) is 14.8. The number of hydrogen-bond donors (Lipinski definition) is 2. The fourth-order valence-corrected chi connectivity index (χ4v) is 4.77. The van der Waals surface area contributed by atoms with Gasteiger partial charge in [0.25, 0.3) is 0 Å². The summed E-state index contributed by atoms with van der Waals surface area (Å²) in [5.41, 5.74) is 3.69. The molecule has 0 saturated heterocycles. The molecule has 1 saturated carbocycles. The molecule has 2 N–H and O–H groups in total. The molecule has 0 amide bonds. The van der Waals surface area contributed by atoms with E-state index in [1.165, 1.54) is 37.4 Å². The van der Waals surface area contributed by atoms with Crippen molar-refractivity contribution in [1.82, 2.24) is 15.3 Å². The van der Waals surface area contributed by atoms with Gasteiger partial charge in [0.1, 0.15) is 17.6 Å². The largest absolute Gasteiger partial charge is 0.436 e. The molecule has 0 radical (unpaired) electrons. The fourth-order valence-electron chi connectivity index (χ4n) is 3.89. The molecule has 1 unspecified atom stereocenters. The molecule has 0 spiro atoms. The summed E-state index contributed by atoms with van der Waals surface area (Å²) in [7, 11) is 0. The van der Waals surface area contributed by atoms with Gasteiger partial charge in [-0.1, -0.05) is 31.4 Å². The van der Waals surface area contributed by atoms with Crippen LogP contribution in [-0.4, -0.2) is 26.8 Å². The Balaban J connectivity index is 1.50. The number of aliphatic imine (C=N–C) groups is 1. The van der Waals surface area contributed by atoms with Crippen molar-refractivity contribution in [2.45, 2.75) is 54.4 Å². The van der Waals surface area contributed by atoms with Crippen LogP contribution in [0.4, 0.5) is 5.69 Å². The third kappa shape index (κ3) is 3.85. The molecule has 1 aliphatic heterocycles. The highest BCUT2D eigenvalue weighted by molar-refractivity contribution is 7.99. The van der Waals surface area contributed by atoms with Crippen molar-refractivity contribution in [2.75, 3.05) is 0 Å². The zero-order chi connectivity index (χ0) is 19.6. The van der Waals surface area contributed by atoms with Crippen LogP contribution in [0.25, 0.3) is 0 Å². The summed E-state index contributed by atoms with van der Waals surface area (Å²) in [6, 6.07) is 12.0. The van der Waals surface area contributed by atoms with Crippen molar-refractivity contribution in [1.29, 1.82) is 0 Å². The van der Waals surface area contributed by atoms with Crippen molar-refractivity contribution < 1.29 is 9.52 Å². The first-order valence-corrected chi connectivity index (χ1v) is 10.8. The van der Waals surface area contributed by atoms with Gasteiger partial charge in [0.05, 0.1) is 11.4 Å². The van der Waals surface area contributed by atoms with Crippen LogP contribution in [0.2, 0.25) is 0 Å². The van der Waals surface area contributed by atoms with E-state index in [-0.39, 0.29) is 0 Å². The van der Waals surface area contributed by atoms with Crippen LogP contribution >= 0.6 is 11.8 Å². The van der Waals surface area contributed by atoms with Gasteiger partial charge in [-0.3, -0.25) is 10.3 Å². The Hall–Kier alpha value is -2.48. The minimum atomic E-state index is -0.709. The van der Waals surface area contributed by atoms with Crippen LogP contribution in [0.15, 0.2) is 68.4 Å². The molecule has 7 heteroatoms. The number of aromatic nitrogens is 2. The summed E-state index contributed by atoms with van der Waals surface area (Å²) >= 11 is 1.49. The van der Waals surface area contributed by atoms with Gasteiger partial charge in [0.15, 0.2) is 11.5 Å². The first-order chi connectivity index (χ1) is 14.3. The summed E-state index contributed by atoms with van der Waals surface area (Å²) in [4.78, 5) is 14.7. The van der Waals surface area contributed by atoms with Crippen molar-refractivity contribution in [2.24, 2.45) is 4.99 Å². The maximum absolute atomic E-state index is 10.8. The number of nitrogens with zero attached hydrogens (tertiary/aromatic N) is 3. The van der Waals surface area contributed by atoms with Crippen molar-refractivity contribution in [3.8, 4) is 0 Å². The second-order valence-corrected chi connectivity index (χ2v) is 8.41. The topological polar surface area (TPSA) is 83.5 Å². The zero-order valence-electron chi connectivity index (χ0n) is 15.9. The van der Waals surface area contributed by atoms with E-state index in [1.807, 2.05) is 36.4 Å². The maximum atomic E-state index is 10.8. The van der Waals surface area contributed by atoms with E-state index in [0.717, 1.165) is 34.7 Å². The van der Waals surface area contributed by atoms with Crippen LogP contribution in [0.3, 0.4) is 0 Å². The van der Waals surface area contributed by atoms with Gasteiger partial charge in [-0.25, -0.2) is 9.98 Å². The second-order valence-electron chi connectivity index (χ2n) is 7.40. The molecule has 0 bridgehead atoms. The predicted octanol–water partition coefficient (Wildman–Crippen LogP) is 4.62. The van der Waals surface area contributed by atoms with Crippen LogP contribution in [-0.2, 0) is 0 Å². The molecular formula is C22H22N4O2S. The number of benzene rings is 1. The van der Waals surface area contributed by atoms with Crippen LogP contribution in [0.5, 0.6) is 0 Å². The highest BCUT2D eigenvalue weighted by atomic mass is 32.2. The molecule has 1 atom stereocenters. The molecule has 3 aromatic rings. The molecule has 5 rings (SSSR count). The number of rotatable bonds is 4. The van der Waals surface area contributed by atoms with Crippen molar-refractivity contribution >= 4 is 23.2 Å². The zero-order valence-corrected chi connectivity index (χ0v) is 16.7. The number of oxazole rings is 1. The van der Waals surface area contributed by atoms with Gasteiger partial charge in [-0.15, -0.1) is 0 Å². The van der Waals surface area contributed by atoms with Gasteiger partial charge in [0, 0.05) is 17.1 Å². The minimum absolute atomic E-state index is 0.368. The average Bonchev–Trinajstić information content (AvgIpc) is 3.16. The highest BCUT2D eigenvalue weighted by Gasteiger charge is 2.25. The molecule has 1 aliphatic carbocycles. The lowest BCUT2D eigenvalue weighted by Crippen LogP contribution is -2.34. The van der Waals surface area contributed by atoms with Gasteiger partial charge in [-0.05, 0) is 54.4 Å². The minimum Gasteiger partial charge on any atom is -0.436 e. The molecular weight excluding hydrogens is 384 g/mol. The van der Waals surface area contributed by atoms with Gasteiger partial charge in [0.2, 0.25) is 0 Å². The number of nitrogens with one attached hydrogen (secondary N) is 1. The van der Waals surface area contributed by atoms with Gasteiger partial charge >= 0.3 is 0 Å². The van der Waals surface area contributed by atoms with Crippen LogP contribution in [0, 0.1) is 0 Å². The number of fused-ring (bicyclic) bond motifs is 2. The first-order valence-electron chi connectivity index (χ1n) is 9.98. The van der Waals surface area contributed by atoms with E-state index in [4.69, 9.17) is 9.41 Å². The molecule has 29 heavy (non-hydrogen) atoms. The Morgan fingerprint density at radius 1 is 1.10 bits per heavy atom. The quantitative estimate of drug-likeness (QED) is 0.481. The Morgan fingerprint density at radius 3 is 2.83 bits per heavy atom. The lowest BCUT2D eigenvalue weighted by Gasteiger charge is -2.26. The number of pyridine rings is 1. The number of aliphatic hydroxyl groups excluding tert-OH is 1. The average molecular weight is 407 g/mol. The number of aliphatic hydroxyl groups is 1. The van der Waals surface area contributed by atoms with E-state index in [2.05, 4.69) is 15.3 Å². The van der Waals surface area contributed by atoms with Crippen molar-refractivity contribution in [3.63, 3.8) is 0 Å². The summed E-state index contributed by atoms with van der Waals surface area (Å²) in [5.74, 6) is 0. The summed E-state index contributed by atoms with van der Waals surface area (Å²) in [6.07, 6.45) is 8.44. The van der Waals surface area contributed by atoms with E-state index in [0.29, 0.717) is 22.5 Å². The molecule has 6 nitrogen and oxygen atoms in total. The molecule has 2 aromatic heterocycles. The van der Waals surface area contributed by atoms with Crippen molar-refractivity contribution in [3.05, 3.63) is 65.9 Å². The standard InChI is InChI=1S/C22H22N4O2S/c27-21(25-15-6-2-1-3-7-15)14-9-10-18-17(12-14)26-19(16-8-4-5-11-23-16)20-22(29-18)28-13-24-20/h4-5,8-13,15,21,25,27H,1-3,6-7H2. The Morgan fingerprint density at radius 2 is 2.00 bits per heavy atom. The third-order valence-corrected chi connectivity index (χ3v) is 6.44. The fraction of sp³-hybridized carbons (Fsp3) is 0.318. The molecule has 1 fully saturated rings. The smallest absolute Gasteiger partial charge is 0.195 e. The highest BCUT2D eigenvalue weighted by Crippen LogP contribution is 2.41. The van der Waals surface area contributed by atoms with E-state index in [1.54, 1.807) is 6.20 Å². The molecule has 2 aliphatic rings. The Labute approximate surface area is 173 Å². The lowest BCUT2D eigenvalue weighted by molar-refractivity contribution is 0.114. The Kier molecular flexibility index (Phi) is 5.18. The lowest BCUT2D eigenvalue weighted by atomic mass is 9.95. The molecule has 1 aromatic carbocycles. The van der Waals surface area contributed by atoms with Crippen LogP contribution < -0.4 is 5.32 Å². The third-order valence-electron chi connectivity index (χ3n) is 5.40. The molecule has 148 valence electrons. The monoisotopic (exact) mass is 406 g/mol. The molecule has 3 heterocycles. The number of hydrogen-bond acceptors (Lipinski definition) is 7. The van der Waals surface area contributed by atoms with E-state index in [9.17, 15) is 5.11 Å². The Bertz CT molecular complexity index is 1030. The second kappa shape index (κ2) is 8.10. The summed E-state index contributed by atoms with van der Waals surface area (Å²) < 4.78 is 5.60. The van der Waals surface area contributed by atoms with Gasteiger partial charge in [-0.2, -0.15) is 0 Å². The maximum Gasteiger partial charge on any atom is 0.195 e. The van der Waals surface area contributed by atoms with Gasteiger partial charge < -0.3 is 9.52 Å². The predicted molar refractivity (Wildman–Crippen MR) is 112 cm³/mol. The first kappa shape index (κ1) is 18.5. The van der Waals surface area contributed by atoms with E-state index >= 15 is 0 Å². The summed E-state index contributed by atoms with van der Waals surface area (Å²) in [6.45, 7) is 0. The van der Waals surface area contributed by atoms with Crippen LogP contribution in [0.1, 0.15) is 55.3 Å². The van der Waals surface area contributed by atoms with E-state index < -0.39 is 6.23 Å². The normalized spacial score (nSPS) is 17.8.